The van der Waals surface area contributed by atoms with Gasteiger partial charge >= 0.3 is 0 Å². The molecule has 1 saturated heterocycles. The molecule has 0 unspecified atom stereocenters. The molecular weight excluding hydrogens is 170 g/mol. The van der Waals surface area contributed by atoms with Gasteiger partial charge in [-0.15, -0.1) is 0 Å². The highest BCUT2D eigenvalue weighted by Gasteiger charge is 2.25. The van der Waals surface area contributed by atoms with Crippen molar-refractivity contribution in [3.05, 3.63) is 0 Å². The van der Waals surface area contributed by atoms with Crippen LogP contribution in [0.4, 0.5) is 0 Å². The number of hydrogen-bond acceptors (Lipinski definition) is 4. The lowest BCUT2D eigenvalue weighted by Crippen LogP contribution is -2.54. The minimum absolute atomic E-state index is 0.156. The SMILES string of the molecule is C[C@@H](O)[C@H](N)C(=O)N1CCNCC1. The Morgan fingerprint density at radius 3 is 2.54 bits per heavy atom. The number of nitrogens with two attached hydrogens (primary N) is 1. The summed E-state index contributed by atoms with van der Waals surface area (Å²) in [7, 11) is 0. The summed E-state index contributed by atoms with van der Waals surface area (Å²) in [6.45, 7) is 4.50. The number of carbonyl (C=O) groups is 1. The molecule has 0 spiro atoms. The van der Waals surface area contributed by atoms with Gasteiger partial charge in [-0.05, 0) is 6.92 Å². The number of piperazine rings is 1. The van der Waals surface area contributed by atoms with E-state index in [4.69, 9.17) is 10.8 Å². The van der Waals surface area contributed by atoms with Crippen molar-refractivity contribution in [2.75, 3.05) is 26.2 Å². The molecule has 0 aliphatic carbocycles. The van der Waals surface area contributed by atoms with Crippen molar-refractivity contribution in [2.45, 2.75) is 19.1 Å². The van der Waals surface area contributed by atoms with E-state index in [-0.39, 0.29) is 5.91 Å². The van der Waals surface area contributed by atoms with Gasteiger partial charge in [0.05, 0.1) is 6.10 Å². The standard InChI is InChI=1S/C8H17N3O2/c1-6(12)7(9)8(13)11-4-2-10-3-5-11/h6-7,10,12H,2-5,9H2,1H3/t6-,7+/m1/s1. The van der Waals surface area contributed by atoms with Gasteiger partial charge in [0.15, 0.2) is 0 Å². The van der Waals surface area contributed by atoms with E-state index < -0.39 is 12.1 Å². The molecule has 5 heteroatoms. The molecule has 0 aromatic rings. The molecule has 0 radical (unpaired) electrons. The van der Waals surface area contributed by atoms with E-state index in [1.807, 2.05) is 0 Å². The first-order valence-corrected chi connectivity index (χ1v) is 4.56. The van der Waals surface area contributed by atoms with Crippen LogP contribution >= 0.6 is 0 Å². The van der Waals surface area contributed by atoms with Crippen LogP contribution in [0.2, 0.25) is 0 Å². The Hall–Kier alpha value is -0.650. The molecule has 1 fully saturated rings. The first-order valence-electron chi connectivity index (χ1n) is 4.56. The molecule has 0 saturated carbocycles. The summed E-state index contributed by atoms with van der Waals surface area (Å²) in [6.07, 6.45) is -0.776. The summed E-state index contributed by atoms with van der Waals surface area (Å²) < 4.78 is 0. The average molecular weight is 187 g/mol. The highest BCUT2D eigenvalue weighted by Crippen LogP contribution is 1.99. The third-order valence-electron chi connectivity index (χ3n) is 2.23. The number of nitrogens with one attached hydrogen (secondary N) is 1. The molecule has 0 aromatic carbocycles. The van der Waals surface area contributed by atoms with E-state index in [1.165, 1.54) is 6.92 Å². The second-order valence-corrected chi connectivity index (χ2v) is 3.34. The maximum Gasteiger partial charge on any atom is 0.242 e. The van der Waals surface area contributed by atoms with Gasteiger partial charge in [0.1, 0.15) is 6.04 Å². The largest absolute Gasteiger partial charge is 0.391 e. The van der Waals surface area contributed by atoms with Gasteiger partial charge in [-0.2, -0.15) is 0 Å². The minimum atomic E-state index is -0.780. The summed E-state index contributed by atoms with van der Waals surface area (Å²) in [5.74, 6) is -0.156. The van der Waals surface area contributed by atoms with Crippen molar-refractivity contribution in [2.24, 2.45) is 5.73 Å². The fraction of sp³-hybridized carbons (Fsp3) is 0.875. The maximum atomic E-state index is 11.6. The molecule has 0 bridgehead atoms. The molecule has 13 heavy (non-hydrogen) atoms. The van der Waals surface area contributed by atoms with E-state index in [9.17, 15) is 4.79 Å². The fourth-order valence-corrected chi connectivity index (χ4v) is 1.30. The number of carbonyl (C=O) groups excluding carboxylic acids is 1. The van der Waals surface area contributed by atoms with Gasteiger partial charge in [-0.1, -0.05) is 0 Å². The predicted molar refractivity (Wildman–Crippen MR) is 49.1 cm³/mol. The molecule has 1 aliphatic heterocycles. The Labute approximate surface area is 77.9 Å². The molecule has 5 nitrogen and oxygen atoms in total. The lowest BCUT2D eigenvalue weighted by molar-refractivity contribution is -0.135. The summed E-state index contributed by atoms with van der Waals surface area (Å²) in [5.41, 5.74) is 5.53. The Kier molecular flexibility index (Phi) is 3.65. The highest BCUT2D eigenvalue weighted by atomic mass is 16.3. The molecule has 1 amide bonds. The van der Waals surface area contributed by atoms with Crippen LogP contribution in [0.1, 0.15) is 6.92 Å². The number of aliphatic hydroxyl groups excluding tert-OH is 1. The van der Waals surface area contributed by atoms with Crippen LogP contribution in [-0.2, 0) is 4.79 Å². The Morgan fingerprint density at radius 2 is 2.08 bits per heavy atom. The van der Waals surface area contributed by atoms with Crippen LogP contribution in [-0.4, -0.2) is 54.2 Å². The first-order chi connectivity index (χ1) is 6.13. The summed E-state index contributed by atoms with van der Waals surface area (Å²) in [5, 5.41) is 12.3. The van der Waals surface area contributed by atoms with Crippen LogP contribution in [0.5, 0.6) is 0 Å². The minimum Gasteiger partial charge on any atom is -0.391 e. The number of aliphatic hydroxyl groups is 1. The molecule has 4 N–H and O–H groups in total. The first kappa shape index (κ1) is 10.4. The van der Waals surface area contributed by atoms with Gasteiger partial charge in [-0.3, -0.25) is 4.79 Å². The van der Waals surface area contributed by atoms with Gasteiger partial charge in [-0.25, -0.2) is 0 Å². The van der Waals surface area contributed by atoms with Crippen LogP contribution in [0, 0.1) is 0 Å². The average Bonchev–Trinajstić information content (AvgIpc) is 2.17. The Balaban J connectivity index is 2.45. The van der Waals surface area contributed by atoms with Gasteiger partial charge in [0, 0.05) is 26.2 Å². The second kappa shape index (κ2) is 4.55. The fourth-order valence-electron chi connectivity index (χ4n) is 1.30. The van der Waals surface area contributed by atoms with E-state index in [0.717, 1.165) is 13.1 Å². The second-order valence-electron chi connectivity index (χ2n) is 3.34. The van der Waals surface area contributed by atoms with E-state index in [0.29, 0.717) is 13.1 Å². The zero-order chi connectivity index (χ0) is 9.84. The number of rotatable bonds is 2. The smallest absolute Gasteiger partial charge is 0.242 e. The quantitative estimate of drug-likeness (QED) is 0.473. The highest BCUT2D eigenvalue weighted by molar-refractivity contribution is 5.82. The lowest BCUT2D eigenvalue weighted by atomic mass is 10.1. The summed E-state index contributed by atoms with van der Waals surface area (Å²) in [4.78, 5) is 13.2. The van der Waals surface area contributed by atoms with Crippen molar-refractivity contribution in [1.82, 2.24) is 10.2 Å². The molecular formula is C8H17N3O2. The molecule has 76 valence electrons. The summed E-state index contributed by atoms with van der Waals surface area (Å²) in [6, 6.07) is -0.780. The van der Waals surface area contributed by atoms with Crippen molar-refractivity contribution in [3.8, 4) is 0 Å². The topological polar surface area (TPSA) is 78.6 Å². The van der Waals surface area contributed by atoms with Gasteiger partial charge < -0.3 is 21.1 Å². The molecule has 1 rings (SSSR count). The van der Waals surface area contributed by atoms with Crippen LogP contribution in [0.25, 0.3) is 0 Å². The van der Waals surface area contributed by atoms with Crippen molar-refractivity contribution in [1.29, 1.82) is 0 Å². The third-order valence-corrected chi connectivity index (χ3v) is 2.23. The van der Waals surface area contributed by atoms with E-state index in [2.05, 4.69) is 5.32 Å². The number of nitrogens with zero attached hydrogens (tertiary/aromatic N) is 1. The van der Waals surface area contributed by atoms with Gasteiger partial charge in [0.25, 0.3) is 0 Å². The number of amides is 1. The monoisotopic (exact) mass is 187 g/mol. The molecule has 1 heterocycles. The number of hydrogen-bond donors (Lipinski definition) is 3. The normalized spacial score (nSPS) is 22.5. The van der Waals surface area contributed by atoms with E-state index in [1.54, 1.807) is 4.90 Å². The van der Waals surface area contributed by atoms with Gasteiger partial charge in [0.2, 0.25) is 5.91 Å². The van der Waals surface area contributed by atoms with Crippen molar-refractivity contribution < 1.29 is 9.90 Å². The Morgan fingerprint density at radius 1 is 1.54 bits per heavy atom. The van der Waals surface area contributed by atoms with Crippen molar-refractivity contribution >= 4 is 5.91 Å². The Bertz CT molecular complexity index is 178. The van der Waals surface area contributed by atoms with Crippen LogP contribution in [0.15, 0.2) is 0 Å². The zero-order valence-corrected chi connectivity index (χ0v) is 7.86. The molecule has 0 aromatic heterocycles. The zero-order valence-electron chi connectivity index (χ0n) is 7.86. The summed E-state index contributed by atoms with van der Waals surface area (Å²) >= 11 is 0. The maximum absolute atomic E-state index is 11.6. The molecule has 2 atom stereocenters. The van der Waals surface area contributed by atoms with E-state index >= 15 is 0 Å². The van der Waals surface area contributed by atoms with Crippen LogP contribution < -0.4 is 11.1 Å². The van der Waals surface area contributed by atoms with Crippen LogP contribution in [0.3, 0.4) is 0 Å². The predicted octanol–water partition coefficient (Wildman–Crippen LogP) is -1.87. The third kappa shape index (κ3) is 2.65. The molecule has 1 aliphatic rings. The van der Waals surface area contributed by atoms with Crippen molar-refractivity contribution in [3.63, 3.8) is 0 Å². The lowest BCUT2D eigenvalue weighted by Gasteiger charge is -2.30.